The first kappa shape index (κ1) is 15.7. The largest absolute Gasteiger partial charge is 0.376 e. The molecule has 1 aromatic rings. The average molecular weight is 292 g/mol. The van der Waals surface area contributed by atoms with E-state index in [1.165, 1.54) is 0 Å². The van der Waals surface area contributed by atoms with Crippen molar-refractivity contribution in [2.45, 2.75) is 45.1 Å². The predicted molar refractivity (Wildman–Crippen MR) is 82.1 cm³/mol. The number of ether oxygens (including phenoxy) is 1. The van der Waals surface area contributed by atoms with E-state index in [2.05, 4.69) is 15.7 Å². The van der Waals surface area contributed by atoms with E-state index in [0.29, 0.717) is 17.9 Å². The van der Waals surface area contributed by atoms with E-state index in [1.807, 2.05) is 26.8 Å². The molecule has 0 bridgehead atoms. The third kappa shape index (κ3) is 4.15. The SMILES string of the molecule is CC(C)(C)c1cc(C(=O)NCC2CCCO2)cc(NN)n1. The van der Waals surface area contributed by atoms with Crippen molar-refractivity contribution < 1.29 is 9.53 Å². The molecule has 1 amide bonds. The quantitative estimate of drug-likeness (QED) is 0.579. The number of carbonyl (C=O) groups excluding carboxylic acids is 1. The summed E-state index contributed by atoms with van der Waals surface area (Å²) in [6.07, 6.45) is 2.19. The van der Waals surface area contributed by atoms with Crippen molar-refractivity contribution in [3.05, 3.63) is 23.4 Å². The smallest absolute Gasteiger partial charge is 0.251 e. The molecule has 0 aliphatic carbocycles. The van der Waals surface area contributed by atoms with Gasteiger partial charge in [0.2, 0.25) is 0 Å². The van der Waals surface area contributed by atoms with Gasteiger partial charge < -0.3 is 15.5 Å². The lowest BCUT2D eigenvalue weighted by atomic mass is 9.90. The third-order valence-electron chi connectivity index (χ3n) is 3.52. The van der Waals surface area contributed by atoms with Crippen LogP contribution in [0, 0.1) is 0 Å². The Hall–Kier alpha value is -1.66. The van der Waals surface area contributed by atoms with Crippen LogP contribution in [0.3, 0.4) is 0 Å². The number of hydrogen-bond donors (Lipinski definition) is 3. The van der Waals surface area contributed by atoms with Crippen LogP contribution in [0.25, 0.3) is 0 Å². The Labute approximate surface area is 125 Å². The molecule has 6 heteroatoms. The number of anilines is 1. The number of aromatic nitrogens is 1. The van der Waals surface area contributed by atoms with Gasteiger partial charge in [-0.1, -0.05) is 20.8 Å². The maximum absolute atomic E-state index is 12.3. The van der Waals surface area contributed by atoms with Gasteiger partial charge >= 0.3 is 0 Å². The van der Waals surface area contributed by atoms with Gasteiger partial charge in [-0.05, 0) is 25.0 Å². The molecule has 1 saturated heterocycles. The summed E-state index contributed by atoms with van der Waals surface area (Å²) < 4.78 is 5.50. The molecule has 6 nitrogen and oxygen atoms in total. The van der Waals surface area contributed by atoms with Crippen LogP contribution in [0.15, 0.2) is 12.1 Å². The Balaban J connectivity index is 2.11. The molecule has 1 aliphatic rings. The lowest BCUT2D eigenvalue weighted by Gasteiger charge is -2.20. The number of nitrogen functional groups attached to an aromatic ring is 1. The van der Waals surface area contributed by atoms with Gasteiger partial charge in [-0.25, -0.2) is 10.8 Å². The normalized spacial score (nSPS) is 18.6. The molecule has 2 heterocycles. The Kier molecular flexibility index (Phi) is 4.80. The Morgan fingerprint density at radius 2 is 2.24 bits per heavy atom. The number of rotatable bonds is 4. The lowest BCUT2D eigenvalue weighted by Crippen LogP contribution is -2.32. The van der Waals surface area contributed by atoms with E-state index in [4.69, 9.17) is 10.6 Å². The van der Waals surface area contributed by atoms with Gasteiger partial charge in [0.15, 0.2) is 0 Å². The summed E-state index contributed by atoms with van der Waals surface area (Å²) in [6, 6.07) is 3.46. The van der Waals surface area contributed by atoms with Gasteiger partial charge in [-0.15, -0.1) is 0 Å². The summed E-state index contributed by atoms with van der Waals surface area (Å²) >= 11 is 0. The molecule has 0 spiro atoms. The first-order valence-corrected chi connectivity index (χ1v) is 7.29. The highest BCUT2D eigenvalue weighted by molar-refractivity contribution is 5.95. The molecular formula is C15H24N4O2. The molecule has 1 aliphatic heterocycles. The van der Waals surface area contributed by atoms with Crippen molar-refractivity contribution in [1.29, 1.82) is 0 Å². The average Bonchev–Trinajstić information content (AvgIpc) is 2.96. The van der Waals surface area contributed by atoms with Crippen LogP contribution in [0.4, 0.5) is 5.82 Å². The van der Waals surface area contributed by atoms with Crippen LogP contribution in [0.1, 0.15) is 49.7 Å². The molecule has 0 saturated carbocycles. The molecule has 0 aromatic carbocycles. The van der Waals surface area contributed by atoms with E-state index in [-0.39, 0.29) is 17.4 Å². The molecule has 1 atom stereocenters. The molecular weight excluding hydrogens is 268 g/mol. The fourth-order valence-electron chi connectivity index (χ4n) is 2.23. The van der Waals surface area contributed by atoms with Crippen molar-refractivity contribution in [1.82, 2.24) is 10.3 Å². The van der Waals surface area contributed by atoms with Gasteiger partial charge in [-0.2, -0.15) is 0 Å². The number of nitrogens with one attached hydrogen (secondary N) is 2. The zero-order chi connectivity index (χ0) is 15.5. The zero-order valence-corrected chi connectivity index (χ0v) is 12.9. The second-order valence-electron chi connectivity index (χ2n) is 6.37. The second kappa shape index (κ2) is 6.41. The van der Waals surface area contributed by atoms with Crippen molar-refractivity contribution in [3.8, 4) is 0 Å². The summed E-state index contributed by atoms with van der Waals surface area (Å²) in [4.78, 5) is 16.7. The first-order valence-electron chi connectivity index (χ1n) is 7.29. The Morgan fingerprint density at radius 1 is 1.48 bits per heavy atom. The maximum Gasteiger partial charge on any atom is 0.251 e. The summed E-state index contributed by atoms with van der Waals surface area (Å²) in [6.45, 7) is 7.46. The Bertz CT molecular complexity index is 505. The number of hydrogen-bond acceptors (Lipinski definition) is 5. The third-order valence-corrected chi connectivity index (χ3v) is 3.52. The van der Waals surface area contributed by atoms with Crippen molar-refractivity contribution in [2.75, 3.05) is 18.6 Å². The molecule has 1 unspecified atom stereocenters. The number of hydrazine groups is 1. The van der Waals surface area contributed by atoms with Crippen LogP contribution in [0.5, 0.6) is 0 Å². The van der Waals surface area contributed by atoms with Gasteiger partial charge in [0, 0.05) is 29.8 Å². The Morgan fingerprint density at radius 3 is 2.81 bits per heavy atom. The van der Waals surface area contributed by atoms with Crippen LogP contribution in [0.2, 0.25) is 0 Å². The van der Waals surface area contributed by atoms with Crippen LogP contribution < -0.4 is 16.6 Å². The van der Waals surface area contributed by atoms with Gasteiger partial charge in [0.25, 0.3) is 5.91 Å². The molecule has 2 rings (SSSR count). The number of amides is 1. The standard InChI is InChI=1S/C15H24N4O2/c1-15(2,3)12-7-10(8-13(18-12)19-16)14(20)17-9-11-5-4-6-21-11/h7-8,11H,4-6,9,16H2,1-3H3,(H,17,20)(H,18,19). The predicted octanol–water partition coefficient (Wildman–Crippen LogP) is 1.57. The topological polar surface area (TPSA) is 89.3 Å². The van der Waals surface area contributed by atoms with E-state index in [0.717, 1.165) is 25.1 Å². The fraction of sp³-hybridized carbons (Fsp3) is 0.600. The molecule has 1 aromatic heterocycles. The van der Waals surface area contributed by atoms with Crippen LogP contribution >= 0.6 is 0 Å². The summed E-state index contributed by atoms with van der Waals surface area (Å²) in [5.74, 6) is 5.80. The highest BCUT2D eigenvalue weighted by atomic mass is 16.5. The van der Waals surface area contributed by atoms with E-state index in [1.54, 1.807) is 6.07 Å². The van der Waals surface area contributed by atoms with Gasteiger partial charge in [0.1, 0.15) is 5.82 Å². The minimum absolute atomic E-state index is 0.130. The highest BCUT2D eigenvalue weighted by Gasteiger charge is 2.20. The number of nitrogens with two attached hydrogens (primary N) is 1. The summed E-state index contributed by atoms with van der Waals surface area (Å²) in [5.41, 5.74) is 3.74. The van der Waals surface area contributed by atoms with E-state index in [9.17, 15) is 4.79 Å². The van der Waals surface area contributed by atoms with Crippen molar-refractivity contribution in [2.24, 2.45) is 5.84 Å². The summed E-state index contributed by atoms with van der Waals surface area (Å²) in [7, 11) is 0. The minimum Gasteiger partial charge on any atom is -0.376 e. The van der Waals surface area contributed by atoms with Crippen LogP contribution in [-0.4, -0.2) is 30.1 Å². The number of carbonyl (C=O) groups is 1. The van der Waals surface area contributed by atoms with E-state index < -0.39 is 0 Å². The first-order chi connectivity index (χ1) is 9.90. The number of pyridine rings is 1. The number of nitrogens with zero attached hydrogens (tertiary/aromatic N) is 1. The zero-order valence-electron chi connectivity index (χ0n) is 12.9. The molecule has 21 heavy (non-hydrogen) atoms. The van der Waals surface area contributed by atoms with Gasteiger partial charge in [-0.3, -0.25) is 4.79 Å². The van der Waals surface area contributed by atoms with Crippen molar-refractivity contribution in [3.63, 3.8) is 0 Å². The maximum atomic E-state index is 12.3. The molecule has 1 fully saturated rings. The minimum atomic E-state index is -0.156. The molecule has 116 valence electrons. The fourth-order valence-corrected chi connectivity index (χ4v) is 2.23. The molecule has 0 radical (unpaired) electrons. The van der Waals surface area contributed by atoms with Crippen molar-refractivity contribution >= 4 is 11.7 Å². The van der Waals surface area contributed by atoms with Crippen LogP contribution in [-0.2, 0) is 10.2 Å². The van der Waals surface area contributed by atoms with Gasteiger partial charge in [0.05, 0.1) is 6.10 Å². The lowest BCUT2D eigenvalue weighted by molar-refractivity contribution is 0.0857. The second-order valence-corrected chi connectivity index (χ2v) is 6.37. The summed E-state index contributed by atoms with van der Waals surface area (Å²) in [5, 5.41) is 2.91. The highest BCUT2D eigenvalue weighted by Crippen LogP contribution is 2.23. The molecule has 4 N–H and O–H groups in total. The van der Waals surface area contributed by atoms with E-state index >= 15 is 0 Å². The monoisotopic (exact) mass is 292 g/mol.